The van der Waals surface area contributed by atoms with Gasteiger partial charge in [0, 0.05) is 5.69 Å². The van der Waals surface area contributed by atoms with Gasteiger partial charge in [0.05, 0.1) is 5.69 Å². The van der Waals surface area contributed by atoms with Crippen LogP contribution < -0.4 is 17.2 Å². The van der Waals surface area contributed by atoms with E-state index in [4.69, 9.17) is 17.2 Å². The van der Waals surface area contributed by atoms with Crippen LogP contribution in [-0.2, 0) is 0 Å². The Morgan fingerprint density at radius 3 is 2.65 bits per heavy atom. The number of rotatable bonds is 2. The summed E-state index contributed by atoms with van der Waals surface area (Å²) in [5.41, 5.74) is 19.7. The first kappa shape index (κ1) is 10.9. The van der Waals surface area contributed by atoms with Gasteiger partial charge in [0.25, 0.3) is 0 Å². The molecule has 0 saturated heterocycles. The predicted octanol–water partition coefficient (Wildman–Crippen LogP) is 0.315. The predicted molar refractivity (Wildman–Crippen MR) is 66.8 cm³/mol. The molecular weight excluding hydrogens is 218 g/mol. The van der Waals surface area contributed by atoms with Gasteiger partial charge >= 0.3 is 0 Å². The van der Waals surface area contributed by atoms with Crippen LogP contribution >= 0.6 is 0 Å². The molecule has 1 aromatic heterocycles. The van der Waals surface area contributed by atoms with E-state index in [1.165, 1.54) is 0 Å². The van der Waals surface area contributed by atoms with Crippen LogP contribution in [0.5, 0.6) is 0 Å². The zero-order valence-corrected chi connectivity index (χ0v) is 9.31. The lowest BCUT2D eigenvalue weighted by molar-refractivity contribution is 0.939. The summed E-state index contributed by atoms with van der Waals surface area (Å²) in [5.74, 6) is 0.408. The van der Waals surface area contributed by atoms with Crippen LogP contribution in [0.2, 0.25) is 0 Å². The van der Waals surface area contributed by atoms with Crippen LogP contribution in [-0.4, -0.2) is 21.2 Å². The first-order valence-corrected chi connectivity index (χ1v) is 4.95. The Kier molecular flexibility index (Phi) is 2.65. The van der Waals surface area contributed by atoms with Crippen LogP contribution in [0.25, 0.3) is 0 Å². The minimum Gasteiger partial charge on any atom is -0.398 e. The number of hydrogen-bond acceptors (Lipinski definition) is 5. The van der Waals surface area contributed by atoms with Crippen molar-refractivity contribution in [3.63, 3.8) is 0 Å². The third-order valence-corrected chi connectivity index (χ3v) is 2.33. The molecule has 0 bridgehead atoms. The highest BCUT2D eigenvalue weighted by Gasteiger charge is 2.08. The maximum absolute atomic E-state index is 5.78. The van der Waals surface area contributed by atoms with Crippen LogP contribution in [0, 0.1) is 6.92 Å². The zero-order valence-electron chi connectivity index (χ0n) is 9.31. The van der Waals surface area contributed by atoms with Gasteiger partial charge in [-0.2, -0.15) is 10.3 Å². The van der Waals surface area contributed by atoms with Crippen molar-refractivity contribution in [3.8, 4) is 0 Å². The smallest absolute Gasteiger partial charge is 0.177 e. The number of amidine groups is 1. The van der Waals surface area contributed by atoms with E-state index in [1.54, 1.807) is 6.07 Å². The summed E-state index contributed by atoms with van der Waals surface area (Å²) < 4.78 is 0. The lowest BCUT2D eigenvalue weighted by atomic mass is 10.2. The Morgan fingerprint density at radius 1 is 1.29 bits per heavy atom. The molecule has 1 aromatic carbocycles. The van der Waals surface area contributed by atoms with Gasteiger partial charge in [0.2, 0.25) is 0 Å². The summed E-state index contributed by atoms with van der Waals surface area (Å²) in [6.45, 7) is 1.92. The monoisotopic (exact) mass is 231 g/mol. The maximum Gasteiger partial charge on any atom is 0.177 e. The van der Waals surface area contributed by atoms with E-state index in [1.807, 2.05) is 19.1 Å². The molecule has 2 aromatic rings. The molecule has 0 atom stereocenters. The summed E-state index contributed by atoms with van der Waals surface area (Å²) in [4.78, 5) is 4.18. The van der Waals surface area contributed by atoms with Crippen molar-refractivity contribution >= 4 is 23.0 Å². The molecule has 0 unspecified atom stereocenters. The summed E-state index contributed by atoms with van der Waals surface area (Å²) >= 11 is 0. The molecule has 0 aliphatic heterocycles. The topological polar surface area (TPSA) is 132 Å². The van der Waals surface area contributed by atoms with Crippen molar-refractivity contribution in [1.82, 2.24) is 15.4 Å². The van der Waals surface area contributed by atoms with Gasteiger partial charge in [-0.3, -0.25) is 0 Å². The number of nitrogens with two attached hydrogens (primary N) is 3. The molecule has 0 aliphatic rings. The van der Waals surface area contributed by atoms with Crippen molar-refractivity contribution in [2.75, 3.05) is 11.5 Å². The fourth-order valence-corrected chi connectivity index (χ4v) is 1.32. The van der Waals surface area contributed by atoms with Crippen molar-refractivity contribution in [2.24, 2.45) is 10.7 Å². The third-order valence-electron chi connectivity index (χ3n) is 2.33. The van der Waals surface area contributed by atoms with E-state index in [9.17, 15) is 0 Å². The first-order chi connectivity index (χ1) is 8.08. The zero-order chi connectivity index (χ0) is 12.4. The number of aryl methyl sites for hydroxylation is 1. The van der Waals surface area contributed by atoms with Crippen molar-refractivity contribution in [3.05, 3.63) is 29.5 Å². The van der Waals surface area contributed by atoms with Gasteiger partial charge in [-0.25, -0.2) is 4.99 Å². The highest BCUT2D eigenvalue weighted by molar-refractivity contribution is 6.00. The molecule has 88 valence electrons. The number of nitrogens with one attached hydrogen (secondary N) is 1. The number of anilines is 2. The standard InChI is InChI=1S/C10H13N7/c1-5-2-3-6(4-7(5)11)14-9(12)8-10(13)16-17-15-8/h2-4H,11H2,1H3,(H2,12,14)(H3,13,15,16,17). The maximum atomic E-state index is 5.78. The normalized spacial score (nSPS) is 11.7. The summed E-state index contributed by atoms with van der Waals surface area (Å²) in [6.07, 6.45) is 0. The van der Waals surface area contributed by atoms with Crippen LogP contribution in [0.15, 0.2) is 23.2 Å². The molecule has 0 radical (unpaired) electrons. The number of nitrogens with zero attached hydrogens (tertiary/aromatic N) is 3. The van der Waals surface area contributed by atoms with Gasteiger partial charge < -0.3 is 17.2 Å². The fraction of sp³-hybridized carbons (Fsp3) is 0.100. The largest absolute Gasteiger partial charge is 0.398 e. The number of aromatic amines is 1. The fourth-order valence-electron chi connectivity index (χ4n) is 1.32. The van der Waals surface area contributed by atoms with Gasteiger partial charge in [-0.05, 0) is 24.6 Å². The quantitative estimate of drug-likeness (QED) is 0.335. The van der Waals surface area contributed by atoms with Crippen molar-refractivity contribution < 1.29 is 0 Å². The lowest BCUT2D eigenvalue weighted by Gasteiger charge is -2.02. The lowest BCUT2D eigenvalue weighted by Crippen LogP contribution is -2.15. The highest BCUT2D eigenvalue weighted by atomic mass is 15.4. The SMILES string of the molecule is Cc1ccc(N=C(N)c2n[nH]nc2N)cc1N. The van der Waals surface area contributed by atoms with Crippen molar-refractivity contribution in [1.29, 1.82) is 0 Å². The molecule has 7 N–H and O–H groups in total. The minimum atomic E-state index is 0.194. The number of aromatic nitrogens is 3. The van der Waals surface area contributed by atoms with Crippen LogP contribution in [0.1, 0.15) is 11.3 Å². The molecule has 7 nitrogen and oxygen atoms in total. The Balaban J connectivity index is 2.36. The average molecular weight is 231 g/mol. The number of H-pyrrole nitrogens is 1. The average Bonchev–Trinajstić information content (AvgIpc) is 2.70. The molecular formula is C10H13N7. The van der Waals surface area contributed by atoms with E-state index in [-0.39, 0.29) is 11.7 Å². The molecule has 0 saturated carbocycles. The molecule has 1 heterocycles. The van der Waals surface area contributed by atoms with Gasteiger partial charge in [-0.15, -0.1) is 5.10 Å². The molecule has 0 fully saturated rings. The van der Waals surface area contributed by atoms with E-state index in [0.29, 0.717) is 17.1 Å². The second-order valence-corrected chi connectivity index (χ2v) is 3.60. The Labute approximate surface area is 97.7 Å². The van der Waals surface area contributed by atoms with E-state index in [0.717, 1.165) is 5.56 Å². The molecule has 0 aliphatic carbocycles. The number of benzene rings is 1. The Bertz CT molecular complexity index is 570. The number of nitrogen functional groups attached to an aromatic ring is 2. The molecule has 0 amide bonds. The Morgan fingerprint density at radius 2 is 2.06 bits per heavy atom. The molecule has 2 rings (SSSR count). The van der Waals surface area contributed by atoms with Crippen LogP contribution in [0.3, 0.4) is 0 Å². The van der Waals surface area contributed by atoms with Crippen molar-refractivity contribution in [2.45, 2.75) is 6.92 Å². The minimum absolute atomic E-state index is 0.194. The van der Waals surface area contributed by atoms with Gasteiger partial charge in [0.15, 0.2) is 17.3 Å². The van der Waals surface area contributed by atoms with Gasteiger partial charge in [0.1, 0.15) is 0 Å². The number of hydrogen-bond donors (Lipinski definition) is 4. The van der Waals surface area contributed by atoms with Gasteiger partial charge in [-0.1, -0.05) is 6.07 Å². The second kappa shape index (κ2) is 4.12. The van der Waals surface area contributed by atoms with E-state index in [2.05, 4.69) is 20.4 Å². The molecule has 7 heteroatoms. The summed E-state index contributed by atoms with van der Waals surface area (Å²) in [5, 5.41) is 9.85. The van der Waals surface area contributed by atoms with Crippen LogP contribution in [0.4, 0.5) is 17.2 Å². The van der Waals surface area contributed by atoms with E-state index < -0.39 is 0 Å². The summed E-state index contributed by atoms with van der Waals surface area (Å²) in [7, 11) is 0. The second-order valence-electron chi connectivity index (χ2n) is 3.60. The molecule has 0 spiro atoms. The summed E-state index contributed by atoms with van der Waals surface area (Å²) in [6, 6.07) is 5.42. The molecule has 17 heavy (non-hydrogen) atoms. The number of aliphatic imine (C=N–C) groups is 1. The van der Waals surface area contributed by atoms with E-state index >= 15 is 0 Å². The first-order valence-electron chi connectivity index (χ1n) is 4.95. The highest BCUT2D eigenvalue weighted by Crippen LogP contribution is 2.20. The Hall–Kier alpha value is -2.57. The third kappa shape index (κ3) is 2.17.